The van der Waals surface area contributed by atoms with E-state index in [0.29, 0.717) is 32.0 Å². The lowest BCUT2D eigenvalue weighted by atomic mass is 9.95. The lowest BCUT2D eigenvalue weighted by Gasteiger charge is -2.33. The molecular weight excluding hydrogens is 304 g/mol. The van der Waals surface area contributed by atoms with Gasteiger partial charge in [-0.3, -0.25) is 9.59 Å². The van der Waals surface area contributed by atoms with Gasteiger partial charge in [0.15, 0.2) is 0 Å². The van der Waals surface area contributed by atoms with Crippen LogP contribution in [0.1, 0.15) is 32.1 Å². The van der Waals surface area contributed by atoms with Crippen molar-refractivity contribution in [2.24, 2.45) is 5.92 Å². The maximum atomic E-state index is 12.4. The second-order valence-electron chi connectivity index (χ2n) is 6.60. The van der Waals surface area contributed by atoms with Crippen LogP contribution >= 0.6 is 0 Å². The van der Waals surface area contributed by atoms with E-state index >= 15 is 0 Å². The molecule has 0 spiro atoms. The van der Waals surface area contributed by atoms with Crippen molar-refractivity contribution in [2.75, 3.05) is 32.8 Å². The molecule has 0 bridgehead atoms. The first-order valence-electron chi connectivity index (χ1n) is 8.98. The molecule has 1 aromatic carbocycles. The van der Waals surface area contributed by atoms with E-state index < -0.39 is 0 Å². The van der Waals surface area contributed by atoms with E-state index in [-0.39, 0.29) is 11.8 Å². The zero-order valence-electron chi connectivity index (χ0n) is 14.2. The number of rotatable bonds is 5. The van der Waals surface area contributed by atoms with Crippen LogP contribution in [0, 0.1) is 5.92 Å². The van der Waals surface area contributed by atoms with E-state index in [1.54, 1.807) is 0 Å². The molecule has 2 saturated heterocycles. The third-order valence-corrected chi connectivity index (χ3v) is 4.94. The first-order valence-corrected chi connectivity index (χ1v) is 8.98. The number of carbonyl (C=O) groups excluding carboxylic acids is 2. The quantitative estimate of drug-likeness (QED) is 0.832. The fourth-order valence-electron chi connectivity index (χ4n) is 3.50. The second kappa shape index (κ2) is 8.18. The van der Waals surface area contributed by atoms with Crippen molar-refractivity contribution in [3.63, 3.8) is 0 Å². The topological polar surface area (TPSA) is 49.9 Å². The molecule has 2 aliphatic rings. The number of para-hydroxylation sites is 1. The monoisotopic (exact) mass is 330 g/mol. The number of piperidine rings is 1. The van der Waals surface area contributed by atoms with Crippen molar-refractivity contribution in [3.8, 4) is 5.75 Å². The molecular formula is C19H26N2O3. The van der Waals surface area contributed by atoms with Gasteiger partial charge >= 0.3 is 0 Å². The second-order valence-corrected chi connectivity index (χ2v) is 6.60. The van der Waals surface area contributed by atoms with Crippen molar-refractivity contribution >= 4 is 11.8 Å². The van der Waals surface area contributed by atoms with Crippen LogP contribution in [0.3, 0.4) is 0 Å². The molecule has 1 aromatic rings. The minimum atomic E-state index is 0.104. The molecule has 0 radical (unpaired) electrons. The lowest BCUT2D eigenvalue weighted by Crippen LogP contribution is -2.44. The highest BCUT2D eigenvalue weighted by Gasteiger charge is 2.30. The predicted octanol–water partition coefficient (Wildman–Crippen LogP) is 2.32. The molecule has 130 valence electrons. The van der Waals surface area contributed by atoms with Crippen LogP contribution in [-0.2, 0) is 9.59 Å². The molecule has 0 N–H and O–H groups in total. The number of ether oxygens (including phenoxy) is 1. The summed E-state index contributed by atoms with van der Waals surface area (Å²) in [5, 5.41) is 0. The predicted molar refractivity (Wildman–Crippen MR) is 91.7 cm³/mol. The average Bonchev–Trinajstić information content (AvgIpc) is 3.17. The summed E-state index contributed by atoms with van der Waals surface area (Å²) in [6.45, 7) is 3.60. The van der Waals surface area contributed by atoms with E-state index in [4.69, 9.17) is 4.74 Å². The number of nitrogens with zero attached hydrogens (tertiary/aromatic N) is 2. The number of hydrogen-bond donors (Lipinski definition) is 0. The number of amides is 2. The summed E-state index contributed by atoms with van der Waals surface area (Å²) < 4.78 is 5.59. The van der Waals surface area contributed by atoms with Crippen LogP contribution in [-0.4, -0.2) is 54.4 Å². The highest BCUT2D eigenvalue weighted by molar-refractivity contribution is 5.80. The summed E-state index contributed by atoms with van der Waals surface area (Å²) in [7, 11) is 0. The van der Waals surface area contributed by atoms with Crippen molar-refractivity contribution in [3.05, 3.63) is 30.3 Å². The van der Waals surface area contributed by atoms with Crippen LogP contribution in [0.2, 0.25) is 0 Å². The van der Waals surface area contributed by atoms with Gasteiger partial charge in [0.05, 0.1) is 13.0 Å². The summed E-state index contributed by atoms with van der Waals surface area (Å²) in [4.78, 5) is 28.6. The van der Waals surface area contributed by atoms with E-state index in [2.05, 4.69) is 0 Å². The third-order valence-electron chi connectivity index (χ3n) is 4.94. The molecule has 5 nitrogen and oxygen atoms in total. The van der Waals surface area contributed by atoms with E-state index in [0.717, 1.165) is 44.5 Å². The first kappa shape index (κ1) is 16.8. The molecule has 0 saturated carbocycles. The van der Waals surface area contributed by atoms with E-state index in [9.17, 15) is 9.59 Å². The summed E-state index contributed by atoms with van der Waals surface area (Å²) >= 11 is 0. The van der Waals surface area contributed by atoms with Gasteiger partial charge in [-0.1, -0.05) is 18.2 Å². The fraction of sp³-hybridized carbons (Fsp3) is 0.579. The van der Waals surface area contributed by atoms with E-state index in [1.807, 2.05) is 40.1 Å². The van der Waals surface area contributed by atoms with Gasteiger partial charge in [0.25, 0.3) is 0 Å². The molecule has 2 heterocycles. The van der Waals surface area contributed by atoms with Crippen LogP contribution in [0.4, 0.5) is 0 Å². The molecule has 0 aliphatic carbocycles. The Balaban J connectivity index is 1.38. The normalized spacial score (nSPS) is 18.7. The van der Waals surface area contributed by atoms with Crippen LogP contribution in [0.25, 0.3) is 0 Å². The van der Waals surface area contributed by atoms with Crippen molar-refractivity contribution in [1.82, 2.24) is 9.80 Å². The fourth-order valence-corrected chi connectivity index (χ4v) is 3.50. The molecule has 5 heteroatoms. The molecule has 2 fully saturated rings. The van der Waals surface area contributed by atoms with Crippen LogP contribution in [0.15, 0.2) is 30.3 Å². The lowest BCUT2D eigenvalue weighted by molar-refractivity contribution is -0.140. The Morgan fingerprint density at radius 2 is 1.62 bits per heavy atom. The Labute approximate surface area is 143 Å². The SMILES string of the molecule is O=C(CCOc1ccccc1)N1CCC(C(=O)N2CCCC2)CC1. The molecule has 3 rings (SSSR count). The standard InChI is InChI=1S/C19H26N2O3/c22-18(10-15-24-17-6-2-1-3-7-17)20-13-8-16(9-14-20)19(23)21-11-4-5-12-21/h1-3,6-7,16H,4-5,8-15H2. The third kappa shape index (κ3) is 4.28. The molecule has 0 unspecified atom stereocenters. The molecule has 2 aliphatic heterocycles. The summed E-state index contributed by atoms with van der Waals surface area (Å²) in [5.74, 6) is 1.32. The van der Waals surface area contributed by atoms with Crippen molar-refractivity contribution in [2.45, 2.75) is 32.1 Å². The zero-order valence-corrected chi connectivity index (χ0v) is 14.2. The van der Waals surface area contributed by atoms with Gasteiger partial charge in [-0.15, -0.1) is 0 Å². The van der Waals surface area contributed by atoms with Gasteiger partial charge < -0.3 is 14.5 Å². The molecule has 2 amide bonds. The van der Waals surface area contributed by atoms with E-state index in [1.165, 1.54) is 0 Å². The Hall–Kier alpha value is -2.04. The Morgan fingerprint density at radius 3 is 2.29 bits per heavy atom. The van der Waals surface area contributed by atoms with Gasteiger partial charge in [-0.05, 0) is 37.8 Å². The Kier molecular flexibility index (Phi) is 5.72. The highest BCUT2D eigenvalue weighted by Crippen LogP contribution is 2.22. The number of likely N-dealkylation sites (tertiary alicyclic amines) is 2. The maximum Gasteiger partial charge on any atom is 0.225 e. The zero-order chi connectivity index (χ0) is 16.8. The Bertz CT molecular complexity index is 547. The average molecular weight is 330 g/mol. The minimum absolute atomic E-state index is 0.104. The van der Waals surface area contributed by atoms with Gasteiger partial charge in [-0.2, -0.15) is 0 Å². The number of carbonyl (C=O) groups is 2. The molecule has 24 heavy (non-hydrogen) atoms. The van der Waals surface area contributed by atoms with Crippen LogP contribution < -0.4 is 4.74 Å². The summed E-state index contributed by atoms with van der Waals surface area (Å²) in [5.41, 5.74) is 0. The minimum Gasteiger partial charge on any atom is -0.493 e. The Morgan fingerprint density at radius 1 is 0.958 bits per heavy atom. The first-order chi connectivity index (χ1) is 11.7. The van der Waals surface area contributed by atoms with Gasteiger partial charge in [0.2, 0.25) is 11.8 Å². The van der Waals surface area contributed by atoms with Crippen molar-refractivity contribution in [1.29, 1.82) is 0 Å². The van der Waals surface area contributed by atoms with Gasteiger partial charge in [0.1, 0.15) is 5.75 Å². The molecule has 0 aromatic heterocycles. The van der Waals surface area contributed by atoms with Crippen LogP contribution in [0.5, 0.6) is 5.75 Å². The number of benzene rings is 1. The summed E-state index contributed by atoms with van der Waals surface area (Å²) in [6, 6.07) is 9.55. The van der Waals surface area contributed by atoms with Crippen molar-refractivity contribution < 1.29 is 14.3 Å². The van der Waals surface area contributed by atoms with Gasteiger partial charge in [-0.25, -0.2) is 0 Å². The number of hydrogen-bond acceptors (Lipinski definition) is 3. The maximum absolute atomic E-state index is 12.4. The largest absolute Gasteiger partial charge is 0.493 e. The molecule has 0 atom stereocenters. The smallest absolute Gasteiger partial charge is 0.225 e. The summed E-state index contributed by atoms with van der Waals surface area (Å²) in [6.07, 6.45) is 4.23. The van der Waals surface area contributed by atoms with Gasteiger partial charge in [0, 0.05) is 32.1 Å². The highest BCUT2D eigenvalue weighted by atomic mass is 16.5.